The van der Waals surface area contributed by atoms with Gasteiger partial charge in [0.25, 0.3) is 0 Å². The maximum absolute atomic E-state index is 12.4. The Morgan fingerprint density at radius 1 is 0.847 bits per heavy atom. The van der Waals surface area contributed by atoms with Crippen LogP contribution in [-0.4, -0.2) is 127 Å². The number of ether oxygens (including phenoxy) is 5. The Kier molecular flexibility index (Phi) is 20.1. The molecule has 0 fully saturated rings. The number of amides is 1. The number of anilines is 1. The molecule has 5 rings (SSSR count). The fraction of sp³-hybridized carbons (Fsp3) is 0.533. The van der Waals surface area contributed by atoms with Crippen molar-refractivity contribution in [3.8, 4) is 0 Å². The van der Waals surface area contributed by atoms with Crippen molar-refractivity contribution in [3.05, 3.63) is 89.6 Å². The summed E-state index contributed by atoms with van der Waals surface area (Å²) >= 11 is 1.83. The molecule has 0 unspecified atom stereocenters. The lowest BCUT2D eigenvalue weighted by Crippen LogP contribution is -2.44. The number of thioether (sulfide) groups is 1. The van der Waals surface area contributed by atoms with Crippen LogP contribution in [0.25, 0.3) is 17.0 Å². The number of imidazole rings is 1. The maximum Gasteiger partial charge on any atom is 0.220 e. The Morgan fingerprint density at radius 2 is 1.56 bits per heavy atom. The van der Waals surface area contributed by atoms with E-state index in [0.29, 0.717) is 79.0 Å². The number of nitrogens with one attached hydrogen (secondary N) is 1. The summed E-state index contributed by atoms with van der Waals surface area (Å²) in [5.41, 5.74) is 4.61. The van der Waals surface area contributed by atoms with E-state index < -0.39 is 6.67 Å². The van der Waals surface area contributed by atoms with Gasteiger partial charge in [-0.1, -0.05) is 36.0 Å². The van der Waals surface area contributed by atoms with Crippen LogP contribution in [0.4, 0.5) is 10.1 Å². The van der Waals surface area contributed by atoms with Crippen LogP contribution in [0.15, 0.2) is 83.2 Å². The first-order valence-electron chi connectivity index (χ1n) is 21.0. The molecule has 2 aromatic carbocycles. The Labute approximate surface area is 354 Å². The fourth-order valence-corrected chi connectivity index (χ4v) is 8.01. The van der Waals surface area contributed by atoms with Crippen molar-refractivity contribution in [2.45, 2.75) is 56.7 Å². The van der Waals surface area contributed by atoms with E-state index in [0.717, 1.165) is 55.5 Å². The normalized spacial score (nSPS) is 13.5. The molecular formula is C45H65FN6O6S+2. The zero-order valence-corrected chi connectivity index (χ0v) is 36.1. The topological polar surface area (TPSA) is 100 Å². The minimum atomic E-state index is -0.481. The molecule has 0 saturated heterocycles. The number of pyridine rings is 1. The maximum atomic E-state index is 12.4. The second kappa shape index (κ2) is 25.7. The van der Waals surface area contributed by atoms with Crippen molar-refractivity contribution < 1.29 is 41.9 Å². The molecule has 1 aliphatic heterocycles. The number of hydrogen-bond donors (Lipinski definition) is 1. The van der Waals surface area contributed by atoms with E-state index in [1.54, 1.807) is 6.33 Å². The van der Waals surface area contributed by atoms with Crippen LogP contribution in [0.5, 0.6) is 0 Å². The molecule has 0 spiro atoms. The number of para-hydroxylation sites is 2. The average Bonchev–Trinajstić information content (AvgIpc) is 3.83. The van der Waals surface area contributed by atoms with Crippen molar-refractivity contribution >= 4 is 40.3 Å². The van der Waals surface area contributed by atoms with Gasteiger partial charge in [-0.25, -0.2) is 9.37 Å². The summed E-state index contributed by atoms with van der Waals surface area (Å²) in [4.78, 5) is 20.3. The molecule has 322 valence electrons. The van der Waals surface area contributed by atoms with Gasteiger partial charge in [-0.05, 0) is 49.1 Å². The van der Waals surface area contributed by atoms with Crippen molar-refractivity contribution in [1.29, 1.82) is 0 Å². The van der Waals surface area contributed by atoms with Crippen LogP contribution in [0, 0.1) is 0 Å². The van der Waals surface area contributed by atoms with Gasteiger partial charge in [0.1, 0.15) is 6.67 Å². The Hall–Kier alpha value is -3.89. The zero-order valence-electron chi connectivity index (χ0n) is 35.3. The number of unbranched alkanes of at least 4 members (excludes halogenated alkanes) is 2. The highest BCUT2D eigenvalue weighted by atomic mass is 32.2. The molecule has 0 saturated carbocycles. The molecule has 3 heterocycles. The quantitative estimate of drug-likeness (QED) is 0.0371. The summed E-state index contributed by atoms with van der Waals surface area (Å²) in [6.07, 6.45) is 12.9. The van der Waals surface area contributed by atoms with Gasteiger partial charge >= 0.3 is 0 Å². The number of carbonyl (C=O) groups excluding carboxylic acids is 1. The Morgan fingerprint density at radius 3 is 2.37 bits per heavy atom. The molecule has 1 amide bonds. The third-order valence-corrected chi connectivity index (χ3v) is 11.3. The number of halogens is 1. The van der Waals surface area contributed by atoms with Crippen LogP contribution in [0.3, 0.4) is 0 Å². The molecule has 2 aromatic heterocycles. The van der Waals surface area contributed by atoms with Gasteiger partial charge in [-0.15, -0.1) is 0 Å². The fourth-order valence-electron chi connectivity index (χ4n) is 6.91. The first-order chi connectivity index (χ1) is 28.8. The second-order valence-electron chi connectivity index (χ2n) is 15.3. The predicted octanol–water partition coefficient (Wildman–Crippen LogP) is 6.26. The van der Waals surface area contributed by atoms with Gasteiger partial charge in [-0.2, -0.15) is 4.57 Å². The molecule has 0 aliphatic carbocycles. The highest BCUT2D eigenvalue weighted by Gasteiger charge is 2.22. The van der Waals surface area contributed by atoms with E-state index in [1.165, 1.54) is 32.1 Å². The van der Waals surface area contributed by atoms with E-state index in [1.807, 2.05) is 22.5 Å². The lowest BCUT2D eigenvalue weighted by atomic mass is 10.1. The standard InChI is InChI=1S/C45H64FN6O6S/c1-49-42-14-8-9-15-43(42)59-45(49)34-38-17-21-51(41-13-7-6-12-40(38)41)20-11-24-52(2,3)23-10-4-5-16-44(53)47-19-26-55-29-30-56-27-22-50-35-39(48-37-50)36-58-33-32-57-31-28-54-25-18-46/h6-9,12-15,17,21,34-35,37H,4-5,10-11,16,18-20,22-33,36H2,1-3H3/q+1/p+1/i46-1. The number of rotatable bonds is 30. The van der Waals surface area contributed by atoms with Crippen LogP contribution < -0.4 is 14.8 Å². The molecule has 1 aliphatic rings. The van der Waals surface area contributed by atoms with Gasteiger partial charge in [0.2, 0.25) is 11.4 Å². The second-order valence-corrected chi connectivity index (χ2v) is 16.3. The van der Waals surface area contributed by atoms with E-state index >= 15 is 0 Å². The number of hydrogen-bond acceptors (Lipinski definition) is 9. The number of fused-ring (bicyclic) bond motifs is 2. The average molecular weight is 836 g/mol. The van der Waals surface area contributed by atoms with Crippen molar-refractivity contribution in [1.82, 2.24) is 14.9 Å². The largest absolute Gasteiger partial charge is 0.377 e. The number of nitrogens with zero attached hydrogens (tertiary/aromatic N) is 5. The Bertz CT molecular complexity index is 1880. The number of quaternary nitrogens is 1. The molecule has 14 heteroatoms. The number of alkyl halides is 1. The Balaban J connectivity index is 0.848. The van der Waals surface area contributed by atoms with Crippen molar-refractivity contribution in [3.63, 3.8) is 0 Å². The van der Waals surface area contributed by atoms with Gasteiger partial charge in [-0.3, -0.25) is 4.79 Å². The van der Waals surface area contributed by atoms with Crippen LogP contribution >= 0.6 is 11.8 Å². The van der Waals surface area contributed by atoms with E-state index in [2.05, 4.69) is 108 Å². The van der Waals surface area contributed by atoms with Crippen molar-refractivity contribution in [2.24, 2.45) is 0 Å². The number of aromatic nitrogens is 3. The first kappa shape index (κ1) is 46.2. The number of aryl methyl sites for hydroxylation is 1. The molecule has 4 aromatic rings. The highest BCUT2D eigenvalue weighted by molar-refractivity contribution is 8.03. The lowest BCUT2D eigenvalue weighted by molar-refractivity contribution is -0.892. The SMILES string of the molecule is CN1/C(=C/c2cc[n+](CCC[N+](C)(C)CCCCCC(=O)NCCOCCOCCn3cnc(COCCOCCOCC[18F])c3)c3ccccc23)Sc2ccccc21. The van der Waals surface area contributed by atoms with Gasteiger partial charge in [0, 0.05) is 49.8 Å². The smallest absolute Gasteiger partial charge is 0.220 e. The van der Waals surface area contributed by atoms with Gasteiger partial charge < -0.3 is 43.0 Å². The van der Waals surface area contributed by atoms with Crippen LogP contribution in [0.2, 0.25) is 0 Å². The summed E-state index contributed by atoms with van der Waals surface area (Å²) in [7, 11) is 6.78. The summed E-state index contributed by atoms with van der Waals surface area (Å²) < 4.78 is 44.5. The molecule has 0 bridgehead atoms. The van der Waals surface area contributed by atoms with E-state index in [-0.39, 0.29) is 12.5 Å². The zero-order chi connectivity index (χ0) is 41.5. The molecule has 1 N–H and O–H groups in total. The van der Waals surface area contributed by atoms with Crippen LogP contribution in [-0.2, 0) is 48.2 Å². The summed E-state index contributed by atoms with van der Waals surface area (Å²) in [5.74, 6) is 0.0827. The van der Waals surface area contributed by atoms with Crippen LogP contribution in [0.1, 0.15) is 43.4 Å². The molecule has 59 heavy (non-hydrogen) atoms. The van der Waals surface area contributed by atoms with E-state index in [4.69, 9.17) is 23.7 Å². The predicted molar refractivity (Wildman–Crippen MR) is 232 cm³/mol. The third kappa shape index (κ3) is 16.2. The van der Waals surface area contributed by atoms with Gasteiger partial charge in [0.05, 0.1) is 128 Å². The first-order valence-corrected chi connectivity index (χ1v) is 21.8. The molecule has 0 radical (unpaired) electrons. The third-order valence-electron chi connectivity index (χ3n) is 10.2. The minimum Gasteiger partial charge on any atom is -0.377 e. The van der Waals surface area contributed by atoms with Crippen molar-refractivity contribution in [2.75, 3.05) is 112 Å². The van der Waals surface area contributed by atoms with Gasteiger partial charge in [0.15, 0.2) is 12.7 Å². The monoisotopic (exact) mass is 835 g/mol. The molecule has 0 atom stereocenters. The molecular weight excluding hydrogens is 771 g/mol. The molecule has 12 nitrogen and oxygen atoms in total. The number of carbonyl (C=O) groups is 1. The highest BCUT2D eigenvalue weighted by Crippen LogP contribution is 2.45. The summed E-state index contributed by atoms with van der Waals surface area (Å²) in [6.45, 7) is 8.06. The summed E-state index contributed by atoms with van der Waals surface area (Å²) in [5, 5.41) is 5.49. The minimum absolute atomic E-state index is 0.0827. The lowest BCUT2D eigenvalue weighted by Gasteiger charge is -2.29. The van der Waals surface area contributed by atoms with E-state index in [9.17, 15) is 9.18 Å². The number of benzene rings is 2. The summed E-state index contributed by atoms with van der Waals surface area (Å²) in [6, 6.07) is 19.6.